The van der Waals surface area contributed by atoms with Crippen LogP contribution >= 0.6 is 11.6 Å². The van der Waals surface area contributed by atoms with Gasteiger partial charge >= 0.3 is 0 Å². The third-order valence-corrected chi connectivity index (χ3v) is 7.16. The van der Waals surface area contributed by atoms with Crippen LogP contribution in [0.4, 0.5) is 0 Å². The van der Waals surface area contributed by atoms with Gasteiger partial charge in [-0.25, -0.2) is 4.18 Å². The highest BCUT2D eigenvalue weighted by Gasteiger charge is 2.32. The van der Waals surface area contributed by atoms with Gasteiger partial charge in [-0.15, -0.1) is 0 Å². The van der Waals surface area contributed by atoms with E-state index in [0.29, 0.717) is 18.0 Å². The van der Waals surface area contributed by atoms with Crippen LogP contribution in [-0.2, 0) is 14.3 Å². The van der Waals surface area contributed by atoms with Crippen LogP contribution in [0.15, 0.2) is 65.8 Å². The van der Waals surface area contributed by atoms with E-state index in [4.69, 9.17) is 15.8 Å². The number of benzene rings is 2. The lowest BCUT2D eigenvalue weighted by atomic mass is 10.1. The van der Waals surface area contributed by atoms with E-state index in [2.05, 4.69) is 18.8 Å². The van der Waals surface area contributed by atoms with Crippen molar-refractivity contribution < 1.29 is 12.6 Å². The fourth-order valence-corrected chi connectivity index (χ4v) is 4.80. The van der Waals surface area contributed by atoms with Gasteiger partial charge in [0.15, 0.2) is 0 Å². The number of nitrogens with zero attached hydrogens (tertiary/aromatic N) is 2. The topological polar surface area (TPSA) is 49.9 Å². The van der Waals surface area contributed by atoms with Crippen molar-refractivity contribution in [2.24, 2.45) is 0 Å². The van der Waals surface area contributed by atoms with E-state index in [0.717, 1.165) is 30.5 Å². The predicted molar refractivity (Wildman–Crippen MR) is 137 cm³/mol. The van der Waals surface area contributed by atoms with Crippen molar-refractivity contribution in [2.75, 3.05) is 13.1 Å². The Labute approximate surface area is 209 Å². The molecule has 1 atom stereocenters. The molecule has 0 saturated heterocycles. The van der Waals surface area contributed by atoms with Gasteiger partial charge in [0.25, 0.3) is 10.1 Å². The van der Waals surface area contributed by atoms with Crippen molar-refractivity contribution in [3.8, 4) is 11.8 Å². The quantitative estimate of drug-likeness (QED) is 0.211. The Balaban J connectivity index is 1.66. The van der Waals surface area contributed by atoms with Gasteiger partial charge in [0.1, 0.15) is 0 Å². The highest BCUT2D eigenvalue weighted by molar-refractivity contribution is 7.86. The first kappa shape index (κ1) is 26.2. The van der Waals surface area contributed by atoms with Crippen LogP contribution in [0.2, 0.25) is 5.02 Å². The van der Waals surface area contributed by atoms with E-state index in [-0.39, 0.29) is 4.90 Å². The van der Waals surface area contributed by atoms with E-state index in [1.54, 1.807) is 24.3 Å². The molecule has 1 aliphatic rings. The van der Waals surface area contributed by atoms with E-state index >= 15 is 0 Å². The third kappa shape index (κ3) is 7.80. The minimum atomic E-state index is -3.92. The SMILES string of the molecule is CCCCCCCN1C=CN(CCC#Cc2ccc(Cl)cc2)C1OS(=O)(=O)c1ccc(C)cc1. The molecule has 2 aromatic rings. The van der Waals surface area contributed by atoms with Gasteiger partial charge in [-0.3, -0.25) is 0 Å². The minimum Gasteiger partial charge on any atom is -0.333 e. The third-order valence-electron chi connectivity index (χ3n) is 5.63. The van der Waals surface area contributed by atoms with Crippen LogP contribution in [0.5, 0.6) is 0 Å². The molecular weight excluding hydrogens is 468 g/mol. The molecule has 182 valence electrons. The fraction of sp³-hybridized carbons (Fsp3) is 0.407. The van der Waals surface area contributed by atoms with E-state index in [1.165, 1.54) is 19.3 Å². The second kappa shape index (κ2) is 12.9. The second-order valence-electron chi connectivity index (χ2n) is 8.44. The molecule has 1 heterocycles. The van der Waals surface area contributed by atoms with Gasteiger partial charge in [-0.2, -0.15) is 8.42 Å². The number of hydrogen-bond donors (Lipinski definition) is 0. The summed E-state index contributed by atoms with van der Waals surface area (Å²) in [7, 11) is -3.92. The first-order chi connectivity index (χ1) is 16.4. The number of rotatable bonds is 11. The molecule has 0 bridgehead atoms. The molecule has 0 aliphatic carbocycles. The Morgan fingerprint density at radius 2 is 1.56 bits per heavy atom. The van der Waals surface area contributed by atoms with Crippen molar-refractivity contribution in [1.82, 2.24) is 9.80 Å². The van der Waals surface area contributed by atoms with Crippen molar-refractivity contribution in [1.29, 1.82) is 0 Å². The van der Waals surface area contributed by atoms with Gasteiger partial charge in [0.05, 0.1) is 4.90 Å². The molecule has 1 aliphatic heterocycles. The molecule has 1 unspecified atom stereocenters. The molecule has 0 N–H and O–H groups in total. The van der Waals surface area contributed by atoms with E-state index in [9.17, 15) is 8.42 Å². The smallest absolute Gasteiger partial charge is 0.300 e. The maximum Gasteiger partial charge on any atom is 0.300 e. The number of aryl methyl sites for hydroxylation is 1. The Morgan fingerprint density at radius 3 is 2.24 bits per heavy atom. The summed E-state index contributed by atoms with van der Waals surface area (Å²) in [4.78, 5) is 4.02. The molecule has 5 nitrogen and oxygen atoms in total. The number of hydrogen-bond acceptors (Lipinski definition) is 5. The van der Waals surface area contributed by atoms with Crippen LogP contribution in [0, 0.1) is 18.8 Å². The molecule has 3 rings (SSSR count). The van der Waals surface area contributed by atoms with E-state index < -0.39 is 16.5 Å². The fourth-order valence-electron chi connectivity index (χ4n) is 3.64. The molecule has 34 heavy (non-hydrogen) atoms. The standard InChI is InChI=1S/C27H33ClN2O3S/c1-3-4-5-6-8-19-29-21-22-30(20-9-7-10-24-13-15-25(28)16-14-24)27(29)33-34(31,32)26-17-11-23(2)12-18-26/h11-18,21-22,27H,3-6,8-9,19-20H2,1-2H3. The summed E-state index contributed by atoms with van der Waals surface area (Å²) in [6, 6.07) is 14.1. The van der Waals surface area contributed by atoms with Gasteiger partial charge in [-0.1, -0.05) is 73.7 Å². The van der Waals surface area contributed by atoms with Crippen LogP contribution in [0.3, 0.4) is 0 Å². The molecule has 0 saturated carbocycles. The summed E-state index contributed by atoms with van der Waals surface area (Å²) >= 11 is 5.92. The zero-order valence-electron chi connectivity index (χ0n) is 19.9. The van der Waals surface area contributed by atoms with Crippen molar-refractivity contribution >= 4 is 21.7 Å². The van der Waals surface area contributed by atoms with Crippen molar-refractivity contribution in [3.05, 3.63) is 77.1 Å². The first-order valence-electron chi connectivity index (χ1n) is 11.8. The Kier molecular flexibility index (Phi) is 9.88. The number of halogens is 1. The highest BCUT2D eigenvalue weighted by Crippen LogP contribution is 2.24. The number of unbranched alkanes of at least 4 members (excludes halogenated alkanes) is 4. The zero-order chi connectivity index (χ0) is 24.4. The van der Waals surface area contributed by atoms with Crippen molar-refractivity contribution in [2.45, 2.75) is 63.6 Å². The van der Waals surface area contributed by atoms with Gasteiger partial charge < -0.3 is 9.80 Å². The largest absolute Gasteiger partial charge is 0.333 e. The highest BCUT2D eigenvalue weighted by atomic mass is 35.5. The molecule has 0 spiro atoms. The monoisotopic (exact) mass is 500 g/mol. The Morgan fingerprint density at radius 1 is 0.912 bits per heavy atom. The summed E-state index contributed by atoms with van der Waals surface area (Å²) in [5, 5.41) is 0.678. The van der Waals surface area contributed by atoms with Gasteiger partial charge in [0, 0.05) is 42.5 Å². The minimum absolute atomic E-state index is 0.162. The molecule has 0 aromatic heterocycles. The molecule has 7 heteroatoms. The van der Waals surface area contributed by atoms with Crippen LogP contribution in [0.1, 0.15) is 56.6 Å². The van der Waals surface area contributed by atoms with Crippen molar-refractivity contribution in [3.63, 3.8) is 0 Å². The molecule has 2 aromatic carbocycles. The van der Waals surface area contributed by atoms with Gasteiger partial charge in [0.2, 0.25) is 6.35 Å². The summed E-state index contributed by atoms with van der Waals surface area (Å²) in [5.74, 6) is 6.28. The second-order valence-corrected chi connectivity index (χ2v) is 10.4. The normalized spacial score (nSPS) is 15.4. The molecule has 0 fully saturated rings. The summed E-state index contributed by atoms with van der Waals surface area (Å²) in [5.41, 5.74) is 1.89. The molecule has 0 radical (unpaired) electrons. The predicted octanol–water partition coefficient (Wildman–Crippen LogP) is 6.14. The molecule has 0 amide bonds. The lowest BCUT2D eigenvalue weighted by Gasteiger charge is -2.31. The average Bonchev–Trinajstić information content (AvgIpc) is 3.18. The van der Waals surface area contributed by atoms with Crippen LogP contribution in [-0.4, -0.2) is 37.7 Å². The first-order valence-corrected chi connectivity index (χ1v) is 13.6. The summed E-state index contributed by atoms with van der Waals surface area (Å²) in [6.07, 6.45) is 9.36. The lowest BCUT2D eigenvalue weighted by Crippen LogP contribution is -2.43. The lowest BCUT2D eigenvalue weighted by molar-refractivity contribution is -0.0204. The summed E-state index contributed by atoms with van der Waals surface area (Å²) in [6.45, 7) is 5.40. The average molecular weight is 501 g/mol. The maximum atomic E-state index is 13.0. The van der Waals surface area contributed by atoms with Crippen LogP contribution in [0.25, 0.3) is 0 Å². The van der Waals surface area contributed by atoms with Gasteiger partial charge in [-0.05, 0) is 49.7 Å². The zero-order valence-corrected chi connectivity index (χ0v) is 21.5. The van der Waals surface area contributed by atoms with Crippen LogP contribution < -0.4 is 0 Å². The van der Waals surface area contributed by atoms with E-state index in [1.807, 2.05) is 53.4 Å². The molecular formula is C27H33ClN2O3S. The summed E-state index contributed by atoms with van der Waals surface area (Å²) < 4.78 is 31.8. The Bertz CT molecular complexity index is 1100. The maximum absolute atomic E-state index is 13.0. The Hall–Kier alpha value is -2.46.